The van der Waals surface area contributed by atoms with Crippen molar-refractivity contribution in [3.63, 3.8) is 0 Å². The molecular weight excluding hydrogens is 411 g/mol. The molecule has 32 heavy (non-hydrogen) atoms. The number of Topliss-reactive ketones (excluding diaryl/α,β-unsaturated/α-hetero) is 1. The lowest BCUT2D eigenvalue weighted by Gasteiger charge is -2.35. The van der Waals surface area contributed by atoms with Crippen LogP contribution in [0.1, 0.15) is 51.2 Å². The number of piperidine rings is 1. The minimum Gasteiger partial charge on any atom is -0.496 e. The van der Waals surface area contributed by atoms with Gasteiger partial charge < -0.3 is 14.0 Å². The number of benzene rings is 2. The van der Waals surface area contributed by atoms with Crippen molar-refractivity contribution >= 4 is 16.8 Å². The molecule has 1 saturated heterocycles. The molecule has 0 bridgehead atoms. The fourth-order valence-electron chi connectivity index (χ4n) is 4.39. The van der Waals surface area contributed by atoms with Crippen LogP contribution in [0.4, 0.5) is 4.39 Å². The SMILES string of the molecule is CCC(OC(C(C)=O)c1ccc(-c2noc3cc(F)ccc23)c(OC)c1)N1CCCCC1. The van der Waals surface area contributed by atoms with E-state index < -0.39 is 6.10 Å². The van der Waals surface area contributed by atoms with Crippen LogP contribution in [0.25, 0.3) is 22.2 Å². The summed E-state index contributed by atoms with van der Waals surface area (Å²) in [6, 6.07) is 9.82. The van der Waals surface area contributed by atoms with Crippen molar-refractivity contribution in [1.29, 1.82) is 0 Å². The Kier molecular flexibility index (Phi) is 6.86. The highest BCUT2D eigenvalue weighted by atomic mass is 19.1. The van der Waals surface area contributed by atoms with Gasteiger partial charge in [-0.05, 0) is 56.0 Å². The molecule has 0 N–H and O–H groups in total. The Morgan fingerprint density at radius 1 is 1.19 bits per heavy atom. The smallest absolute Gasteiger partial charge is 0.170 e. The van der Waals surface area contributed by atoms with Crippen LogP contribution in [-0.4, -0.2) is 42.3 Å². The van der Waals surface area contributed by atoms with E-state index in [2.05, 4.69) is 17.0 Å². The third-order valence-corrected chi connectivity index (χ3v) is 6.03. The van der Waals surface area contributed by atoms with Gasteiger partial charge in [-0.2, -0.15) is 0 Å². The minimum absolute atomic E-state index is 0.0578. The van der Waals surface area contributed by atoms with Crippen LogP contribution in [-0.2, 0) is 9.53 Å². The molecule has 1 aromatic heterocycles. The van der Waals surface area contributed by atoms with Crippen molar-refractivity contribution in [3.8, 4) is 17.0 Å². The van der Waals surface area contributed by atoms with E-state index in [0.717, 1.165) is 37.9 Å². The highest BCUT2D eigenvalue weighted by Crippen LogP contribution is 2.37. The lowest BCUT2D eigenvalue weighted by Crippen LogP contribution is -2.41. The highest BCUT2D eigenvalue weighted by Gasteiger charge is 2.27. The maximum Gasteiger partial charge on any atom is 0.170 e. The van der Waals surface area contributed by atoms with Crippen LogP contribution < -0.4 is 4.74 Å². The van der Waals surface area contributed by atoms with Gasteiger partial charge in [0, 0.05) is 24.7 Å². The van der Waals surface area contributed by atoms with Gasteiger partial charge in [-0.15, -0.1) is 0 Å². The molecule has 2 aromatic carbocycles. The summed E-state index contributed by atoms with van der Waals surface area (Å²) in [7, 11) is 1.57. The van der Waals surface area contributed by atoms with E-state index in [-0.39, 0.29) is 17.8 Å². The lowest BCUT2D eigenvalue weighted by molar-refractivity contribution is -0.146. The Labute approximate surface area is 187 Å². The maximum atomic E-state index is 13.5. The zero-order chi connectivity index (χ0) is 22.7. The number of ketones is 1. The van der Waals surface area contributed by atoms with Gasteiger partial charge in [0.2, 0.25) is 0 Å². The Balaban J connectivity index is 1.65. The van der Waals surface area contributed by atoms with Crippen molar-refractivity contribution < 1.29 is 23.2 Å². The Bertz CT molecular complexity index is 1090. The molecule has 0 aliphatic carbocycles. The molecule has 0 amide bonds. The molecule has 1 aliphatic heterocycles. The zero-order valence-electron chi connectivity index (χ0n) is 18.8. The third-order valence-electron chi connectivity index (χ3n) is 6.03. The normalized spacial score (nSPS) is 16.8. The van der Waals surface area contributed by atoms with Gasteiger partial charge in [0.05, 0.1) is 12.5 Å². The number of aromatic nitrogens is 1. The molecule has 170 valence electrons. The van der Waals surface area contributed by atoms with E-state index in [1.807, 2.05) is 18.2 Å². The number of ether oxygens (including phenoxy) is 2. The summed E-state index contributed by atoms with van der Waals surface area (Å²) in [5.41, 5.74) is 2.35. The molecule has 4 rings (SSSR count). The van der Waals surface area contributed by atoms with E-state index in [9.17, 15) is 9.18 Å². The van der Waals surface area contributed by atoms with Crippen molar-refractivity contribution in [2.45, 2.75) is 51.9 Å². The fourth-order valence-corrected chi connectivity index (χ4v) is 4.39. The highest BCUT2D eigenvalue weighted by molar-refractivity contribution is 5.93. The van der Waals surface area contributed by atoms with Crippen molar-refractivity contribution in [2.24, 2.45) is 0 Å². The zero-order valence-corrected chi connectivity index (χ0v) is 18.8. The number of likely N-dealkylation sites (tertiary alicyclic amines) is 1. The van der Waals surface area contributed by atoms with Gasteiger partial charge in [-0.1, -0.05) is 24.6 Å². The molecule has 2 atom stereocenters. The molecular formula is C25H29FN2O4. The number of carbonyl (C=O) groups is 1. The largest absolute Gasteiger partial charge is 0.496 e. The van der Waals surface area contributed by atoms with Crippen LogP contribution in [0.2, 0.25) is 0 Å². The number of methoxy groups -OCH3 is 1. The Morgan fingerprint density at radius 2 is 1.97 bits per heavy atom. The number of fused-ring (bicyclic) bond motifs is 1. The molecule has 7 heteroatoms. The van der Waals surface area contributed by atoms with Crippen LogP contribution >= 0.6 is 0 Å². The van der Waals surface area contributed by atoms with Gasteiger partial charge in [0.1, 0.15) is 29.6 Å². The number of hydrogen-bond acceptors (Lipinski definition) is 6. The monoisotopic (exact) mass is 440 g/mol. The molecule has 2 heterocycles. The average Bonchev–Trinajstić information content (AvgIpc) is 3.22. The molecule has 0 saturated carbocycles. The molecule has 6 nitrogen and oxygen atoms in total. The average molecular weight is 441 g/mol. The van der Waals surface area contributed by atoms with Gasteiger partial charge in [-0.3, -0.25) is 9.69 Å². The number of halogens is 1. The van der Waals surface area contributed by atoms with Crippen LogP contribution in [0.5, 0.6) is 5.75 Å². The van der Waals surface area contributed by atoms with E-state index in [1.165, 1.54) is 18.6 Å². The predicted molar refractivity (Wildman–Crippen MR) is 120 cm³/mol. The topological polar surface area (TPSA) is 64.8 Å². The third kappa shape index (κ3) is 4.54. The van der Waals surface area contributed by atoms with Crippen LogP contribution in [0, 0.1) is 5.82 Å². The van der Waals surface area contributed by atoms with E-state index in [1.54, 1.807) is 20.1 Å². The summed E-state index contributed by atoms with van der Waals surface area (Å²) >= 11 is 0. The summed E-state index contributed by atoms with van der Waals surface area (Å²) in [5.74, 6) is 0.101. The van der Waals surface area contributed by atoms with E-state index in [0.29, 0.717) is 28.0 Å². The maximum absolute atomic E-state index is 13.5. The summed E-state index contributed by atoms with van der Waals surface area (Å²) in [5, 5.41) is 4.81. The quantitative estimate of drug-likeness (QED) is 0.460. The first-order valence-electron chi connectivity index (χ1n) is 11.1. The van der Waals surface area contributed by atoms with Crippen molar-refractivity contribution in [2.75, 3.05) is 20.2 Å². The summed E-state index contributed by atoms with van der Waals surface area (Å²) in [4.78, 5) is 14.9. The molecule has 2 unspecified atom stereocenters. The molecule has 0 radical (unpaired) electrons. The van der Waals surface area contributed by atoms with Gasteiger partial charge in [0.15, 0.2) is 11.4 Å². The number of hydrogen-bond donors (Lipinski definition) is 0. The van der Waals surface area contributed by atoms with E-state index in [4.69, 9.17) is 14.0 Å². The first-order valence-corrected chi connectivity index (χ1v) is 11.1. The molecule has 3 aromatic rings. The summed E-state index contributed by atoms with van der Waals surface area (Å²) in [6.45, 7) is 5.61. The second-order valence-electron chi connectivity index (χ2n) is 8.22. The molecule has 0 spiro atoms. The fraction of sp³-hybridized carbons (Fsp3) is 0.440. The van der Waals surface area contributed by atoms with Gasteiger partial charge in [0.25, 0.3) is 0 Å². The minimum atomic E-state index is -0.687. The molecule has 1 fully saturated rings. The van der Waals surface area contributed by atoms with Gasteiger partial charge >= 0.3 is 0 Å². The standard InChI is InChI=1S/C25H29FN2O4/c1-4-23(28-12-6-5-7-13-28)31-25(16(2)29)17-8-10-19(21(14-17)30-3)24-20-11-9-18(26)15-22(20)32-27-24/h8-11,14-15,23,25H,4-7,12-13H2,1-3H3. The van der Waals surface area contributed by atoms with E-state index >= 15 is 0 Å². The molecule has 1 aliphatic rings. The van der Waals surface area contributed by atoms with Gasteiger partial charge in [-0.25, -0.2) is 4.39 Å². The summed E-state index contributed by atoms with van der Waals surface area (Å²) < 4.78 is 30.8. The Hall–Kier alpha value is -2.77. The van der Waals surface area contributed by atoms with Crippen molar-refractivity contribution in [3.05, 3.63) is 47.8 Å². The number of nitrogens with zero attached hydrogens (tertiary/aromatic N) is 2. The van der Waals surface area contributed by atoms with Crippen molar-refractivity contribution in [1.82, 2.24) is 10.1 Å². The van der Waals surface area contributed by atoms with Crippen LogP contribution in [0.15, 0.2) is 40.9 Å². The number of carbonyl (C=O) groups excluding carboxylic acids is 1. The predicted octanol–water partition coefficient (Wildman–Crippen LogP) is 5.51. The van der Waals surface area contributed by atoms with Crippen LogP contribution in [0.3, 0.4) is 0 Å². The first kappa shape index (κ1) is 22.4. The second-order valence-corrected chi connectivity index (χ2v) is 8.22. The Morgan fingerprint density at radius 3 is 2.66 bits per heavy atom. The number of rotatable bonds is 8. The first-order chi connectivity index (χ1) is 15.5. The lowest BCUT2D eigenvalue weighted by atomic mass is 10.00. The second kappa shape index (κ2) is 9.79. The summed E-state index contributed by atoms with van der Waals surface area (Å²) in [6.07, 6.45) is 3.56.